The van der Waals surface area contributed by atoms with Crippen molar-refractivity contribution in [3.8, 4) is 0 Å². The van der Waals surface area contributed by atoms with Crippen molar-refractivity contribution in [2.24, 2.45) is 14.1 Å². The third-order valence-corrected chi connectivity index (χ3v) is 5.88. The Balaban J connectivity index is 1.91. The van der Waals surface area contributed by atoms with Crippen LogP contribution in [0.2, 0.25) is 0 Å². The molecule has 168 valence electrons. The highest BCUT2D eigenvalue weighted by atomic mass is 32.1. The lowest BCUT2D eigenvalue weighted by Gasteiger charge is -2.39. The van der Waals surface area contributed by atoms with E-state index in [2.05, 4.69) is 4.90 Å². The number of rotatable bonds is 6. The maximum Gasteiger partial charge on any atom is 0.347 e. The van der Waals surface area contributed by atoms with Gasteiger partial charge < -0.3 is 18.9 Å². The molecule has 1 unspecified atom stereocenters. The number of likely N-dealkylation sites (N-methyl/N-ethyl adjacent to an activating group) is 1. The summed E-state index contributed by atoms with van der Waals surface area (Å²) in [4.78, 5) is 29.4. The van der Waals surface area contributed by atoms with Crippen LogP contribution in [-0.2, 0) is 30.1 Å². The number of carbonyl (C=O) groups excluding carboxylic acids is 1. The van der Waals surface area contributed by atoms with Gasteiger partial charge in [0.15, 0.2) is 10.3 Å². The van der Waals surface area contributed by atoms with Crippen LogP contribution >= 0.6 is 12.2 Å². The molecule has 10 heteroatoms. The number of halogens is 1. The van der Waals surface area contributed by atoms with E-state index in [-0.39, 0.29) is 22.8 Å². The van der Waals surface area contributed by atoms with Crippen LogP contribution in [0.25, 0.3) is 0 Å². The molecular weight excluding hydrogens is 423 g/mol. The Hall–Kier alpha value is -2.56. The zero-order chi connectivity index (χ0) is 22.7. The number of morpholine rings is 1. The van der Waals surface area contributed by atoms with Gasteiger partial charge in [0, 0.05) is 40.8 Å². The average molecular weight is 451 g/mol. The SMILES string of the molecule is CCOC(=O)c1c(N(C)C2CN(Cc3ccc(F)cc3)CCO2)n(C)c(=S)n(C)c1=O. The van der Waals surface area contributed by atoms with Crippen LogP contribution in [0.3, 0.4) is 0 Å². The van der Waals surface area contributed by atoms with E-state index in [1.54, 1.807) is 42.6 Å². The highest BCUT2D eigenvalue weighted by molar-refractivity contribution is 7.71. The fraction of sp³-hybridized carbons (Fsp3) is 0.476. The Kier molecular flexibility index (Phi) is 7.24. The van der Waals surface area contributed by atoms with Gasteiger partial charge in [0.1, 0.15) is 17.9 Å². The number of nitrogens with zero attached hydrogens (tertiary/aromatic N) is 4. The predicted molar refractivity (Wildman–Crippen MR) is 117 cm³/mol. The molecule has 1 aromatic carbocycles. The van der Waals surface area contributed by atoms with Crippen LogP contribution in [0.4, 0.5) is 10.2 Å². The number of aromatic nitrogens is 2. The lowest BCUT2D eigenvalue weighted by atomic mass is 10.2. The quantitative estimate of drug-likeness (QED) is 0.493. The van der Waals surface area contributed by atoms with E-state index in [0.717, 1.165) is 5.56 Å². The molecular formula is C21H27FN4O4S. The Morgan fingerprint density at radius 2 is 1.97 bits per heavy atom. The minimum absolute atomic E-state index is 0.0813. The van der Waals surface area contributed by atoms with E-state index in [9.17, 15) is 14.0 Å². The third kappa shape index (κ3) is 4.86. The largest absolute Gasteiger partial charge is 0.462 e. The Morgan fingerprint density at radius 3 is 2.61 bits per heavy atom. The second-order valence-electron chi connectivity index (χ2n) is 7.42. The van der Waals surface area contributed by atoms with Crippen molar-refractivity contribution in [2.75, 3.05) is 38.3 Å². The lowest BCUT2D eigenvalue weighted by Crippen LogP contribution is -2.51. The van der Waals surface area contributed by atoms with E-state index in [1.165, 1.54) is 23.7 Å². The highest BCUT2D eigenvalue weighted by Gasteiger charge is 2.31. The molecule has 0 saturated carbocycles. The van der Waals surface area contributed by atoms with Crippen molar-refractivity contribution in [2.45, 2.75) is 19.7 Å². The van der Waals surface area contributed by atoms with Crippen molar-refractivity contribution in [1.29, 1.82) is 0 Å². The maximum absolute atomic E-state index is 13.2. The predicted octanol–water partition coefficient (Wildman–Crippen LogP) is 2.06. The van der Waals surface area contributed by atoms with Gasteiger partial charge in [0.2, 0.25) is 0 Å². The third-order valence-electron chi connectivity index (χ3n) is 5.33. The van der Waals surface area contributed by atoms with Gasteiger partial charge in [0.05, 0.1) is 13.2 Å². The van der Waals surface area contributed by atoms with Gasteiger partial charge in [-0.3, -0.25) is 14.3 Å². The zero-order valence-electron chi connectivity index (χ0n) is 18.1. The summed E-state index contributed by atoms with van der Waals surface area (Å²) >= 11 is 5.39. The molecule has 8 nitrogen and oxygen atoms in total. The summed E-state index contributed by atoms with van der Waals surface area (Å²) in [5.41, 5.74) is 0.397. The minimum Gasteiger partial charge on any atom is -0.462 e. The monoisotopic (exact) mass is 450 g/mol. The van der Waals surface area contributed by atoms with Crippen LogP contribution in [0.5, 0.6) is 0 Å². The van der Waals surface area contributed by atoms with Crippen molar-refractivity contribution < 1.29 is 18.7 Å². The standard InChI is InChI=1S/C21H27FN4O4S/c1-5-29-20(28)17-18(24(3)21(31)25(4)19(17)27)23(2)16-13-26(10-11-30-16)12-14-6-8-15(22)9-7-14/h6-9,16H,5,10-13H2,1-4H3. The summed E-state index contributed by atoms with van der Waals surface area (Å²) in [5.74, 6) is -0.623. The minimum atomic E-state index is -0.700. The Morgan fingerprint density at radius 1 is 1.29 bits per heavy atom. The fourth-order valence-corrected chi connectivity index (χ4v) is 3.84. The fourth-order valence-electron chi connectivity index (χ4n) is 3.67. The molecule has 31 heavy (non-hydrogen) atoms. The number of benzene rings is 1. The smallest absolute Gasteiger partial charge is 0.347 e. The number of carbonyl (C=O) groups is 1. The van der Waals surface area contributed by atoms with Gasteiger partial charge in [-0.2, -0.15) is 0 Å². The molecule has 0 spiro atoms. The van der Waals surface area contributed by atoms with Crippen molar-refractivity contribution >= 4 is 24.0 Å². The van der Waals surface area contributed by atoms with Gasteiger partial charge in [-0.15, -0.1) is 0 Å². The van der Waals surface area contributed by atoms with E-state index in [0.29, 0.717) is 32.1 Å². The summed E-state index contributed by atoms with van der Waals surface area (Å²) in [7, 11) is 4.99. The van der Waals surface area contributed by atoms with E-state index in [1.807, 2.05) is 0 Å². The molecule has 2 heterocycles. The number of esters is 1. The van der Waals surface area contributed by atoms with E-state index in [4.69, 9.17) is 21.7 Å². The number of ether oxygens (including phenoxy) is 2. The second kappa shape index (κ2) is 9.71. The summed E-state index contributed by atoms with van der Waals surface area (Å²) in [6.45, 7) is 4.17. The van der Waals surface area contributed by atoms with Gasteiger partial charge in [-0.25, -0.2) is 9.18 Å². The molecule has 3 rings (SSSR count). The molecule has 1 atom stereocenters. The van der Waals surface area contributed by atoms with Crippen LogP contribution in [0.1, 0.15) is 22.8 Å². The topological polar surface area (TPSA) is 68.9 Å². The van der Waals surface area contributed by atoms with Crippen LogP contribution in [0, 0.1) is 10.6 Å². The molecule has 0 N–H and O–H groups in total. The molecule has 0 amide bonds. The second-order valence-corrected chi connectivity index (χ2v) is 7.79. The maximum atomic E-state index is 13.2. The first kappa shape index (κ1) is 23.1. The summed E-state index contributed by atoms with van der Waals surface area (Å²) in [6.07, 6.45) is -0.421. The molecule has 1 aromatic heterocycles. The van der Waals surface area contributed by atoms with Gasteiger partial charge >= 0.3 is 5.97 Å². The molecule has 0 aliphatic carbocycles. The molecule has 0 bridgehead atoms. The van der Waals surface area contributed by atoms with Gasteiger partial charge in [-0.05, 0) is 36.8 Å². The van der Waals surface area contributed by atoms with Crippen molar-refractivity contribution in [3.05, 3.63) is 56.3 Å². The number of hydrogen-bond donors (Lipinski definition) is 0. The van der Waals surface area contributed by atoms with E-state index < -0.39 is 17.8 Å². The number of hydrogen-bond acceptors (Lipinski definition) is 7. The first-order valence-corrected chi connectivity index (χ1v) is 10.4. The Bertz CT molecular complexity index is 1070. The normalized spacial score (nSPS) is 16.9. The highest BCUT2D eigenvalue weighted by Crippen LogP contribution is 2.23. The molecule has 1 aliphatic rings. The molecule has 2 aromatic rings. The number of anilines is 1. The average Bonchev–Trinajstić information content (AvgIpc) is 2.76. The molecule has 1 fully saturated rings. The van der Waals surface area contributed by atoms with Gasteiger partial charge in [0.25, 0.3) is 5.56 Å². The molecule has 0 radical (unpaired) electrons. The first-order valence-electron chi connectivity index (χ1n) is 10.0. The molecule has 1 saturated heterocycles. The zero-order valence-corrected chi connectivity index (χ0v) is 18.9. The van der Waals surface area contributed by atoms with Crippen LogP contribution in [0.15, 0.2) is 29.1 Å². The van der Waals surface area contributed by atoms with Gasteiger partial charge in [-0.1, -0.05) is 12.1 Å². The first-order chi connectivity index (χ1) is 14.7. The van der Waals surface area contributed by atoms with Crippen molar-refractivity contribution in [3.63, 3.8) is 0 Å². The van der Waals surface area contributed by atoms with Crippen LogP contribution < -0.4 is 10.5 Å². The summed E-state index contributed by atoms with van der Waals surface area (Å²) in [5, 5.41) is 0. The Labute approximate surface area is 185 Å². The lowest BCUT2D eigenvalue weighted by molar-refractivity contribution is -0.0305. The summed E-state index contributed by atoms with van der Waals surface area (Å²) in [6, 6.07) is 6.39. The van der Waals surface area contributed by atoms with Crippen molar-refractivity contribution in [1.82, 2.24) is 14.0 Å². The van der Waals surface area contributed by atoms with E-state index >= 15 is 0 Å². The van der Waals surface area contributed by atoms with Crippen LogP contribution in [-0.4, -0.2) is 59.6 Å². The summed E-state index contributed by atoms with van der Waals surface area (Å²) < 4.78 is 27.4. The molecule has 1 aliphatic heterocycles.